The van der Waals surface area contributed by atoms with Crippen LogP contribution in [0.4, 0.5) is 13.2 Å². The fraction of sp³-hybridized carbons (Fsp3) is 0.250. The van der Waals surface area contributed by atoms with Crippen LogP contribution in [0.15, 0.2) is 12.3 Å². The van der Waals surface area contributed by atoms with Gasteiger partial charge >= 0.3 is 6.30 Å². The summed E-state index contributed by atoms with van der Waals surface area (Å²) in [6, 6.07) is 0.982. The first-order chi connectivity index (χ1) is 6.89. The topological polar surface area (TPSA) is 50.9 Å². The zero-order valence-corrected chi connectivity index (χ0v) is 7.58. The minimum absolute atomic E-state index is 0.107. The van der Waals surface area contributed by atoms with E-state index in [4.69, 9.17) is 5.11 Å². The average molecular weight is 217 g/mol. The first kappa shape index (κ1) is 9.75. The Kier molecular flexibility index (Phi) is 1.85. The van der Waals surface area contributed by atoms with Gasteiger partial charge in [-0.25, -0.2) is 4.98 Å². The summed E-state index contributed by atoms with van der Waals surface area (Å²) in [6.07, 6.45) is -3.53. The fourth-order valence-electron chi connectivity index (χ4n) is 1.33. The largest absolute Gasteiger partial charge is 0.506 e. The van der Waals surface area contributed by atoms with Gasteiger partial charge in [0.15, 0.2) is 0 Å². The molecule has 4 nitrogen and oxygen atoms in total. The first-order valence-electron chi connectivity index (χ1n) is 4.01. The lowest BCUT2D eigenvalue weighted by Crippen LogP contribution is -2.18. The second-order valence-corrected chi connectivity index (χ2v) is 3.03. The number of hydrogen-bond donors (Lipinski definition) is 1. The first-order valence-corrected chi connectivity index (χ1v) is 4.01. The third-order valence-corrected chi connectivity index (χ3v) is 1.91. The van der Waals surface area contributed by atoms with Gasteiger partial charge in [0.05, 0.1) is 17.4 Å². The van der Waals surface area contributed by atoms with Gasteiger partial charge < -0.3 is 5.11 Å². The lowest BCUT2D eigenvalue weighted by Gasteiger charge is -2.06. The smallest absolute Gasteiger partial charge is 0.505 e. The summed E-state index contributed by atoms with van der Waals surface area (Å²) in [4.78, 5) is 3.68. The van der Waals surface area contributed by atoms with Crippen LogP contribution in [-0.4, -0.2) is 19.9 Å². The van der Waals surface area contributed by atoms with E-state index >= 15 is 0 Å². The van der Waals surface area contributed by atoms with E-state index in [9.17, 15) is 13.2 Å². The standard InChI is InChI=1S/C8H6F3N3O/c1-4-7-6(2-5(15)3-12-7)14(13-4)8(9,10)11/h2-3,15H,1H3. The zero-order valence-electron chi connectivity index (χ0n) is 7.58. The quantitative estimate of drug-likeness (QED) is 0.733. The van der Waals surface area contributed by atoms with Gasteiger partial charge in [-0.1, -0.05) is 0 Å². The van der Waals surface area contributed by atoms with Crippen LogP contribution in [0.1, 0.15) is 5.69 Å². The van der Waals surface area contributed by atoms with Crippen LogP contribution in [-0.2, 0) is 6.30 Å². The number of halogens is 3. The minimum Gasteiger partial charge on any atom is -0.506 e. The highest BCUT2D eigenvalue weighted by molar-refractivity contribution is 5.78. The van der Waals surface area contributed by atoms with Crippen LogP contribution in [0.25, 0.3) is 11.0 Å². The molecule has 0 amide bonds. The molecule has 2 rings (SSSR count). The molecule has 0 spiro atoms. The van der Waals surface area contributed by atoms with E-state index in [0.717, 1.165) is 12.3 Å². The van der Waals surface area contributed by atoms with Crippen molar-refractivity contribution >= 4 is 11.0 Å². The molecule has 80 valence electrons. The molecule has 0 unspecified atom stereocenters. The number of aromatic nitrogens is 3. The third kappa shape index (κ3) is 1.49. The Morgan fingerprint density at radius 3 is 2.67 bits per heavy atom. The fourth-order valence-corrected chi connectivity index (χ4v) is 1.33. The van der Waals surface area contributed by atoms with Crippen LogP contribution in [0.2, 0.25) is 0 Å². The number of aromatic hydroxyl groups is 1. The van der Waals surface area contributed by atoms with Gasteiger partial charge in [0.1, 0.15) is 11.3 Å². The number of hydrogen-bond acceptors (Lipinski definition) is 3. The summed E-state index contributed by atoms with van der Waals surface area (Å²) >= 11 is 0. The van der Waals surface area contributed by atoms with Crippen molar-refractivity contribution < 1.29 is 18.3 Å². The summed E-state index contributed by atoms with van der Waals surface area (Å²) < 4.78 is 37.3. The second kappa shape index (κ2) is 2.85. The van der Waals surface area contributed by atoms with Crippen molar-refractivity contribution in [3.8, 4) is 5.75 Å². The molecule has 1 N–H and O–H groups in total. The van der Waals surface area contributed by atoms with Gasteiger partial charge in [-0.3, -0.25) is 0 Å². The molecule has 0 saturated carbocycles. The van der Waals surface area contributed by atoms with Crippen molar-refractivity contribution in [1.29, 1.82) is 0 Å². The van der Waals surface area contributed by atoms with E-state index in [1.165, 1.54) is 6.92 Å². The highest BCUT2D eigenvalue weighted by Gasteiger charge is 2.34. The van der Waals surface area contributed by atoms with Crippen molar-refractivity contribution in [2.75, 3.05) is 0 Å². The van der Waals surface area contributed by atoms with E-state index in [-0.39, 0.29) is 27.2 Å². The maximum atomic E-state index is 12.5. The maximum absolute atomic E-state index is 12.5. The van der Waals surface area contributed by atoms with Crippen molar-refractivity contribution in [1.82, 2.24) is 14.8 Å². The number of pyridine rings is 1. The van der Waals surface area contributed by atoms with Gasteiger partial charge in [0, 0.05) is 6.07 Å². The lowest BCUT2D eigenvalue weighted by atomic mass is 10.3. The Bertz CT molecular complexity index is 518. The molecule has 7 heteroatoms. The minimum atomic E-state index is -4.61. The Hall–Kier alpha value is -1.79. The van der Waals surface area contributed by atoms with Crippen LogP contribution in [0.3, 0.4) is 0 Å². The van der Waals surface area contributed by atoms with E-state index in [1.807, 2.05) is 0 Å². The molecule has 2 aromatic rings. The predicted molar refractivity (Wildman–Crippen MR) is 45.2 cm³/mol. The molecule has 0 bridgehead atoms. The third-order valence-electron chi connectivity index (χ3n) is 1.91. The normalized spacial score (nSPS) is 12.3. The molecule has 0 radical (unpaired) electrons. The van der Waals surface area contributed by atoms with Crippen LogP contribution in [0, 0.1) is 6.92 Å². The molecule has 0 aliphatic carbocycles. The number of aryl methyl sites for hydroxylation is 1. The molecule has 0 aliphatic rings. The molecule has 0 fully saturated rings. The van der Waals surface area contributed by atoms with Crippen molar-refractivity contribution in [2.45, 2.75) is 13.2 Å². The number of rotatable bonds is 0. The van der Waals surface area contributed by atoms with Gasteiger partial charge in [-0.2, -0.15) is 9.78 Å². The summed E-state index contributed by atoms with van der Waals surface area (Å²) in [5, 5.41) is 12.4. The van der Waals surface area contributed by atoms with Crippen molar-refractivity contribution in [2.24, 2.45) is 0 Å². The van der Waals surface area contributed by atoms with E-state index in [2.05, 4.69) is 10.1 Å². The Balaban J connectivity index is 2.81. The highest BCUT2D eigenvalue weighted by Crippen LogP contribution is 2.29. The Morgan fingerprint density at radius 2 is 2.07 bits per heavy atom. The van der Waals surface area contributed by atoms with Gasteiger partial charge in [-0.15, -0.1) is 13.2 Å². The molecule has 0 aliphatic heterocycles. The molecule has 2 heterocycles. The molecule has 0 saturated heterocycles. The summed E-state index contributed by atoms with van der Waals surface area (Å²) in [7, 11) is 0. The Morgan fingerprint density at radius 1 is 1.40 bits per heavy atom. The molecular weight excluding hydrogens is 211 g/mol. The summed E-state index contributed by atoms with van der Waals surface area (Å²) in [5.74, 6) is -0.326. The second-order valence-electron chi connectivity index (χ2n) is 3.03. The van der Waals surface area contributed by atoms with Gasteiger partial charge in [0.25, 0.3) is 0 Å². The van der Waals surface area contributed by atoms with Gasteiger partial charge in [0.2, 0.25) is 0 Å². The number of alkyl halides is 3. The van der Waals surface area contributed by atoms with Gasteiger partial charge in [-0.05, 0) is 6.92 Å². The molecular formula is C8H6F3N3O. The molecule has 2 aromatic heterocycles. The molecule has 0 aromatic carbocycles. The predicted octanol–water partition coefficient (Wildman–Crippen LogP) is 1.92. The number of nitrogens with zero attached hydrogens (tertiary/aromatic N) is 3. The van der Waals surface area contributed by atoms with Crippen LogP contribution >= 0.6 is 0 Å². The van der Waals surface area contributed by atoms with Crippen LogP contribution in [0.5, 0.6) is 5.75 Å². The summed E-state index contributed by atoms with van der Waals surface area (Å²) in [5.41, 5.74) is 0.0486. The monoisotopic (exact) mass is 217 g/mol. The van der Waals surface area contributed by atoms with Crippen molar-refractivity contribution in [3.63, 3.8) is 0 Å². The number of fused-ring (bicyclic) bond motifs is 1. The molecule has 0 atom stereocenters. The zero-order chi connectivity index (χ0) is 11.2. The average Bonchev–Trinajstić information content (AvgIpc) is 2.42. The van der Waals surface area contributed by atoms with Crippen molar-refractivity contribution in [3.05, 3.63) is 18.0 Å². The lowest BCUT2D eigenvalue weighted by molar-refractivity contribution is -0.209. The van der Waals surface area contributed by atoms with E-state index in [0.29, 0.717) is 0 Å². The highest BCUT2D eigenvalue weighted by atomic mass is 19.4. The SMILES string of the molecule is Cc1nn(C(F)(F)F)c2cc(O)cnc12. The summed E-state index contributed by atoms with van der Waals surface area (Å²) in [6.45, 7) is 1.43. The van der Waals surface area contributed by atoms with E-state index in [1.54, 1.807) is 0 Å². The molecule has 15 heavy (non-hydrogen) atoms. The maximum Gasteiger partial charge on any atom is 0.505 e. The van der Waals surface area contributed by atoms with E-state index < -0.39 is 6.30 Å². The van der Waals surface area contributed by atoms with Crippen LogP contribution < -0.4 is 0 Å². The Labute approximate surface area is 82.0 Å².